The summed E-state index contributed by atoms with van der Waals surface area (Å²) in [5.74, 6) is -3.43. The summed E-state index contributed by atoms with van der Waals surface area (Å²) in [5.41, 5.74) is -0.547. The fourth-order valence-corrected chi connectivity index (χ4v) is 2.00. The van der Waals surface area contributed by atoms with Gasteiger partial charge in [0.1, 0.15) is 28.6 Å². The molecule has 0 bridgehead atoms. The van der Waals surface area contributed by atoms with E-state index in [0.717, 1.165) is 18.2 Å². The number of para-hydroxylation sites is 1. The third-order valence-electron chi connectivity index (χ3n) is 2.95. The van der Waals surface area contributed by atoms with Crippen molar-refractivity contribution in [3.05, 3.63) is 58.6 Å². The Morgan fingerprint density at radius 1 is 1.17 bits per heavy atom. The molecule has 2 aromatic carbocycles. The van der Waals surface area contributed by atoms with Crippen molar-refractivity contribution in [2.24, 2.45) is 0 Å². The van der Waals surface area contributed by atoms with Crippen molar-refractivity contribution in [3.8, 4) is 5.75 Å². The fourth-order valence-electron chi connectivity index (χ4n) is 1.84. The van der Waals surface area contributed by atoms with Crippen LogP contribution in [0.25, 0.3) is 0 Å². The van der Waals surface area contributed by atoms with Crippen molar-refractivity contribution in [1.29, 1.82) is 0 Å². The Bertz CT molecular complexity index is 762. The minimum absolute atomic E-state index is 0.0618. The molecule has 0 saturated heterocycles. The Balaban J connectivity index is 2.00. The molecule has 24 heavy (non-hydrogen) atoms. The molecule has 8 heteroatoms. The van der Waals surface area contributed by atoms with E-state index in [-0.39, 0.29) is 11.3 Å². The van der Waals surface area contributed by atoms with Crippen LogP contribution in [0.3, 0.4) is 0 Å². The third-order valence-corrected chi connectivity index (χ3v) is 3.18. The summed E-state index contributed by atoms with van der Waals surface area (Å²) in [6, 6.07) is 7.38. The Kier molecular flexibility index (Phi) is 5.70. The van der Waals surface area contributed by atoms with E-state index in [2.05, 4.69) is 0 Å². The Morgan fingerprint density at radius 2 is 1.83 bits per heavy atom. The summed E-state index contributed by atoms with van der Waals surface area (Å²) < 4.78 is 36.6. The second-order valence-corrected chi connectivity index (χ2v) is 5.00. The van der Waals surface area contributed by atoms with Gasteiger partial charge in [-0.05, 0) is 30.3 Å². The average molecular weight is 356 g/mol. The lowest BCUT2D eigenvalue weighted by atomic mass is 10.2. The summed E-state index contributed by atoms with van der Waals surface area (Å²) in [7, 11) is 1.34. The molecule has 0 aliphatic rings. The number of ether oxygens (including phenoxy) is 2. The first-order chi connectivity index (χ1) is 11.4. The van der Waals surface area contributed by atoms with Gasteiger partial charge in [-0.1, -0.05) is 17.7 Å². The summed E-state index contributed by atoms with van der Waals surface area (Å²) in [4.78, 5) is 23.6. The monoisotopic (exact) mass is 355 g/mol. The second kappa shape index (κ2) is 7.74. The van der Waals surface area contributed by atoms with Crippen molar-refractivity contribution in [2.75, 3.05) is 19.0 Å². The van der Waals surface area contributed by atoms with E-state index >= 15 is 0 Å². The first-order valence-corrected chi connectivity index (χ1v) is 7.04. The van der Waals surface area contributed by atoms with Crippen LogP contribution in [0.1, 0.15) is 10.4 Å². The standard InChI is InChI=1S/C16H12ClF2NO4/c1-23-13-7-9(17)5-6-10(13)16(22)24-8-14(21)20-15-11(18)3-2-4-12(15)19/h2-7H,8H2,1H3,(H,20,21). The molecule has 2 rings (SSSR count). The van der Waals surface area contributed by atoms with Crippen molar-refractivity contribution >= 4 is 29.2 Å². The Morgan fingerprint density at radius 3 is 2.46 bits per heavy atom. The topological polar surface area (TPSA) is 64.6 Å². The number of halogens is 3. The SMILES string of the molecule is COc1cc(Cl)ccc1C(=O)OCC(=O)Nc1c(F)cccc1F. The van der Waals surface area contributed by atoms with Crippen LogP contribution < -0.4 is 10.1 Å². The molecule has 0 saturated carbocycles. The van der Waals surface area contributed by atoms with Gasteiger partial charge >= 0.3 is 5.97 Å². The van der Waals surface area contributed by atoms with Gasteiger partial charge in [-0.2, -0.15) is 0 Å². The molecule has 0 aliphatic heterocycles. The summed E-state index contributed by atoms with van der Waals surface area (Å²) in [6.07, 6.45) is 0. The molecule has 5 nitrogen and oxygen atoms in total. The minimum Gasteiger partial charge on any atom is -0.496 e. The quantitative estimate of drug-likeness (QED) is 0.835. The third kappa shape index (κ3) is 4.20. The summed E-state index contributed by atoms with van der Waals surface area (Å²) in [6.45, 7) is -0.724. The maximum Gasteiger partial charge on any atom is 0.342 e. The van der Waals surface area contributed by atoms with Gasteiger partial charge in [-0.15, -0.1) is 0 Å². The maximum atomic E-state index is 13.4. The lowest BCUT2D eigenvalue weighted by Gasteiger charge is -2.10. The normalized spacial score (nSPS) is 10.2. The molecule has 0 fully saturated rings. The molecule has 2 aromatic rings. The van der Waals surface area contributed by atoms with Gasteiger partial charge in [-0.25, -0.2) is 13.6 Å². The average Bonchev–Trinajstić information content (AvgIpc) is 2.56. The molecule has 0 spiro atoms. The number of hydrogen-bond donors (Lipinski definition) is 1. The predicted molar refractivity (Wildman–Crippen MR) is 83.3 cm³/mol. The molecule has 126 valence electrons. The molecule has 0 aliphatic carbocycles. The highest BCUT2D eigenvalue weighted by atomic mass is 35.5. The number of carbonyl (C=O) groups excluding carboxylic acids is 2. The number of carbonyl (C=O) groups is 2. The number of hydrogen-bond acceptors (Lipinski definition) is 4. The van der Waals surface area contributed by atoms with E-state index in [0.29, 0.717) is 5.02 Å². The highest BCUT2D eigenvalue weighted by Crippen LogP contribution is 2.24. The molecule has 0 aromatic heterocycles. The summed E-state index contributed by atoms with van der Waals surface area (Å²) in [5, 5.41) is 2.36. The number of esters is 1. The molecule has 1 amide bonds. The van der Waals surface area contributed by atoms with Gasteiger partial charge in [0.15, 0.2) is 6.61 Å². The summed E-state index contributed by atoms with van der Waals surface area (Å²) >= 11 is 5.78. The van der Waals surface area contributed by atoms with Crippen LogP contribution in [0.2, 0.25) is 5.02 Å². The van der Waals surface area contributed by atoms with E-state index in [4.69, 9.17) is 21.1 Å². The van der Waals surface area contributed by atoms with E-state index in [1.807, 2.05) is 5.32 Å². The molecular formula is C16H12ClF2NO4. The van der Waals surface area contributed by atoms with Crippen molar-refractivity contribution in [2.45, 2.75) is 0 Å². The largest absolute Gasteiger partial charge is 0.496 e. The maximum absolute atomic E-state index is 13.4. The first kappa shape index (κ1) is 17.7. The van der Waals surface area contributed by atoms with Gasteiger partial charge in [-0.3, -0.25) is 4.79 Å². The Labute approximate surface area is 141 Å². The van der Waals surface area contributed by atoms with Crippen molar-refractivity contribution < 1.29 is 27.8 Å². The number of amides is 1. The number of anilines is 1. The second-order valence-electron chi connectivity index (χ2n) is 4.57. The lowest BCUT2D eigenvalue weighted by Crippen LogP contribution is -2.22. The number of methoxy groups -OCH3 is 1. The minimum atomic E-state index is -0.936. The van der Waals surface area contributed by atoms with Gasteiger partial charge in [0, 0.05) is 5.02 Å². The zero-order valence-corrected chi connectivity index (χ0v) is 13.2. The van der Waals surface area contributed by atoms with Crippen LogP contribution in [-0.4, -0.2) is 25.6 Å². The molecule has 0 heterocycles. The van der Waals surface area contributed by atoms with Crippen LogP contribution in [0.4, 0.5) is 14.5 Å². The van der Waals surface area contributed by atoms with Gasteiger partial charge in [0.05, 0.1) is 7.11 Å². The van der Waals surface area contributed by atoms with E-state index in [1.165, 1.54) is 25.3 Å². The van der Waals surface area contributed by atoms with Gasteiger partial charge in [0.2, 0.25) is 0 Å². The molecule has 0 radical (unpaired) electrons. The van der Waals surface area contributed by atoms with Gasteiger partial charge < -0.3 is 14.8 Å². The lowest BCUT2D eigenvalue weighted by molar-refractivity contribution is -0.119. The van der Waals surface area contributed by atoms with Crippen LogP contribution in [-0.2, 0) is 9.53 Å². The van der Waals surface area contributed by atoms with Crippen molar-refractivity contribution in [1.82, 2.24) is 0 Å². The number of nitrogens with one attached hydrogen (secondary N) is 1. The van der Waals surface area contributed by atoms with Crippen LogP contribution in [0.15, 0.2) is 36.4 Å². The molecule has 1 N–H and O–H groups in total. The van der Waals surface area contributed by atoms with E-state index in [1.54, 1.807) is 0 Å². The molecular weight excluding hydrogens is 344 g/mol. The number of benzene rings is 2. The smallest absolute Gasteiger partial charge is 0.342 e. The van der Waals surface area contributed by atoms with Crippen LogP contribution in [0, 0.1) is 11.6 Å². The van der Waals surface area contributed by atoms with Crippen LogP contribution in [0.5, 0.6) is 5.75 Å². The van der Waals surface area contributed by atoms with Gasteiger partial charge in [0.25, 0.3) is 5.91 Å². The van der Waals surface area contributed by atoms with E-state index < -0.39 is 35.8 Å². The van der Waals surface area contributed by atoms with E-state index in [9.17, 15) is 18.4 Å². The Hall–Kier alpha value is -2.67. The fraction of sp³-hybridized carbons (Fsp3) is 0.125. The molecule has 0 atom stereocenters. The highest BCUT2D eigenvalue weighted by molar-refractivity contribution is 6.30. The zero-order valence-electron chi connectivity index (χ0n) is 12.4. The van der Waals surface area contributed by atoms with Crippen LogP contribution >= 0.6 is 11.6 Å². The number of rotatable bonds is 5. The first-order valence-electron chi connectivity index (χ1n) is 6.67. The van der Waals surface area contributed by atoms with Crippen molar-refractivity contribution in [3.63, 3.8) is 0 Å². The zero-order chi connectivity index (χ0) is 17.7. The highest BCUT2D eigenvalue weighted by Gasteiger charge is 2.17. The molecule has 0 unspecified atom stereocenters. The predicted octanol–water partition coefficient (Wildman–Crippen LogP) is 3.42.